The monoisotopic (exact) mass is 487 g/mol. The van der Waals surface area contributed by atoms with E-state index in [0.29, 0.717) is 10.5 Å². The molecule has 0 heterocycles. The van der Waals surface area contributed by atoms with Crippen LogP contribution >= 0.6 is 11.8 Å². The minimum atomic E-state index is -2.31. The fraction of sp³-hybridized carbons (Fsp3) is 0.0417. The van der Waals surface area contributed by atoms with E-state index in [9.17, 15) is 36.9 Å². The number of thioether (sulfide) groups is 1. The molecule has 0 aliphatic heterocycles. The van der Waals surface area contributed by atoms with Crippen molar-refractivity contribution in [3.05, 3.63) is 104 Å². The van der Waals surface area contributed by atoms with E-state index in [0.717, 1.165) is 17.8 Å². The number of halogens is 5. The Labute approximate surface area is 193 Å². The van der Waals surface area contributed by atoms with Crippen molar-refractivity contribution in [1.82, 2.24) is 0 Å². The van der Waals surface area contributed by atoms with Gasteiger partial charge in [0.15, 0.2) is 28.4 Å². The third kappa shape index (κ3) is 5.42. The Kier molecular flexibility index (Phi) is 7.34. The fourth-order valence-electron chi connectivity index (χ4n) is 2.63. The molecule has 0 aromatic heterocycles. The number of carbonyl (C=O) groups excluding carboxylic acids is 1. The standard InChI is InChI=1S/C24H10F5NO3S/c1-13(31)34-17-9-4-14(5-10-17)2-7-16-8-3-15(12-19(16)30(32)33)6-11-18-20(25)22(27)24(29)23(28)21(18)26/h3-5,8-10,12H,1H3. The van der Waals surface area contributed by atoms with Crippen LogP contribution in [-0.4, -0.2) is 10.0 Å². The normalized spacial score (nSPS) is 10.1. The van der Waals surface area contributed by atoms with E-state index in [1.807, 2.05) is 5.92 Å². The van der Waals surface area contributed by atoms with Crippen molar-refractivity contribution in [2.24, 2.45) is 0 Å². The number of nitrogens with zero attached hydrogens (tertiary/aromatic N) is 1. The van der Waals surface area contributed by atoms with E-state index in [-0.39, 0.29) is 16.2 Å². The maximum atomic E-state index is 13.8. The summed E-state index contributed by atoms with van der Waals surface area (Å²) in [5.74, 6) is -1.43. The van der Waals surface area contributed by atoms with Gasteiger partial charge in [0.2, 0.25) is 5.82 Å². The molecule has 3 aromatic carbocycles. The van der Waals surface area contributed by atoms with Crippen molar-refractivity contribution >= 4 is 22.6 Å². The molecule has 0 aliphatic rings. The van der Waals surface area contributed by atoms with Gasteiger partial charge in [-0.15, -0.1) is 0 Å². The van der Waals surface area contributed by atoms with Crippen LogP contribution in [0.25, 0.3) is 0 Å². The molecule has 0 saturated carbocycles. The third-order valence-corrected chi connectivity index (χ3v) is 4.99. The van der Waals surface area contributed by atoms with E-state index in [1.54, 1.807) is 24.3 Å². The molecule has 0 aliphatic carbocycles. The second-order valence-electron chi connectivity index (χ2n) is 6.55. The molecule has 0 saturated heterocycles. The lowest BCUT2D eigenvalue weighted by atomic mass is 10.1. The van der Waals surface area contributed by atoms with Crippen LogP contribution in [0.5, 0.6) is 0 Å². The van der Waals surface area contributed by atoms with Crippen LogP contribution in [0.3, 0.4) is 0 Å². The minimum absolute atomic E-state index is 0.00831. The van der Waals surface area contributed by atoms with Gasteiger partial charge in [0.25, 0.3) is 5.69 Å². The second kappa shape index (κ2) is 10.2. The van der Waals surface area contributed by atoms with E-state index in [2.05, 4.69) is 17.8 Å². The topological polar surface area (TPSA) is 60.2 Å². The zero-order chi connectivity index (χ0) is 25.0. The Morgan fingerprint density at radius 2 is 1.32 bits per heavy atom. The molecule has 170 valence electrons. The summed E-state index contributed by atoms with van der Waals surface area (Å²) in [5.41, 5.74) is -1.40. The van der Waals surface area contributed by atoms with Crippen LogP contribution in [0.1, 0.15) is 29.2 Å². The summed E-state index contributed by atoms with van der Waals surface area (Å²) in [5, 5.41) is 11.4. The molecule has 10 heteroatoms. The predicted octanol–water partition coefficient (Wildman–Crippen LogP) is 5.73. The first-order chi connectivity index (χ1) is 16.1. The highest BCUT2D eigenvalue weighted by Crippen LogP contribution is 2.23. The largest absolute Gasteiger partial charge is 0.287 e. The fourth-order valence-corrected chi connectivity index (χ4v) is 3.23. The van der Waals surface area contributed by atoms with Gasteiger partial charge in [-0.3, -0.25) is 14.9 Å². The summed E-state index contributed by atoms with van der Waals surface area (Å²) >= 11 is 1.04. The lowest BCUT2D eigenvalue weighted by molar-refractivity contribution is -0.385. The van der Waals surface area contributed by atoms with Gasteiger partial charge in [-0.1, -0.05) is 35.4 Å². The smallest absolute Gasteiger partial charge is 0.286 e. The van der Waals surface area contributed by atoms with Gasteiger partial charge in [-0.2, -0.15) is 0 Å². The Bertz CT molecular complexity index is 1420. The molecule has 3 rings (SSSR count). The maximum Gasteiger partial charge on any atom is 0.286 e. The summed E-state index contributed by atoms with van der Waals surface area (Å²) in [6.07, 6.45) is 0. The van der Waals surface area contributed by atoms with Gasteiger partial charge in [0.1, 0.15) is 11.1 Å². The van der Waals surface area contributed by atoms with Crippen LogP contribution < -0.4 is 0 Å². The zero-order valence-electron chi connectivity index (χ0n) is 17.0. The van der Waals surface area contributed by atoms with Crippen LogP contribution in [0.4, 0.5) is 27.6 Å². The molecule has 0 atom stereocenters. The number of nitro benzene ring substituents is 1. The minimum Gasteiger partial charge on any atom is -0.287 e. The Hall–Kier alpha value is -4.15. The van der Waals surface area contributed by atoms with Gasteiger partial charge in [-0.25, -0.2) is 22.0 Å². The lowest BCUT2D eigenvalue weighted by Gasteiger charge is -2.02. The highest BCUT2D eigenvalue weighted by atomic mass is 32.2. The molecule has 0 bridgehead atoms. The van der Waals surface area contributed by atoms with Gasteiger partial charge in [-0.05, 0) is 36.4 Å². The van der Waals surface area contributed by atoms with Gasteiger partial charge < -0.3 is 0 Å². The molecular formula is C24H10F5NO3S. The lowest BCUT2D eigenvalue weighted by Crippen LogP contribution is -2.04. The third-order valence-electron chi connectivity index (χ3n) is 4.19. The summed E-state index contributed by atoms with van der Waals surface area (Å²) in [6, 6.07) is 10.1. The average molecular weight is 487 g/mol. The quantitative estimate of drug-likeness (QED) is 0.0882. The molecule has 0 N–H and O–H groups in total. The van der Waals surface area contributed by atoms with E-state index in [1.165, 1.54) is 19.1 Å². The molecule has 0 amide bonds. The summed E-state index contributed by atoms with van der Waals surface area (Å²) < 4.78 is 67.3. The number of hydrogen-bond donors (Lipinski definition) is 0. The Morgan fingerprint density at radius 3 is 1.88 bits per heavy atom. The van der Waals surface area contributed by atoms with Gasteiger partial charge in [0, 0.05) is 29.0 Å². The zero-order valence-corrected chi connectivity index (χ0v) is 17.8. The van der Waals surface area contributed by atoms with Crippen molar-refractivity contribution in [2.75, 3.05) is 0 Å². The molecule has 0 radical (unpaired) electrons. The second-order valence-corrected chi connectivity index (χ2v) is 7.80. The van der Waals surface area contributed by atoms with Gasteiger partial charge >= 0.3 is 0 Å². The summed E-state index contributed by atoms with van der Waals surface area (Å²) in [7, 11) is 0. The van der Waals surface area contributed by atoms with Crippen molar-refractivity contribution in [2.45, 2.75) is 11.8 Å². The van der Waals surface area contributed by atoms with Gasteiger partial charge in [0.05, 0.1) is 4.92 Å². The molecule has 3 aromatic rings. The number of benzene rings is 3. The van der Waals surface area contributed by atoms with Crippen LogP contribution in [0.15, 0.2) is 47.4 Å². The van der Waals surface area contributed by atoms with Crippen molar-refractivity contribution in [3.63, 3.8) is 0 Å². The van der Waals surface area contributed by atoms with Crippen molar-refractivity contribution in [3.8, 4) is 23.7 Å². The average Bonchev–Trinajstić information content (AvgIpc) is 2.81. The number of carbonyl (C=O) groups is 1. The van der Waals surface area contributed by atoms with Crippen LogP contribution in [-0.2, 0) is 4.79 Å². The first kappa shape index (κ1) is 24.5. The molecule has 4 nitrogen and oxygen atoms in total. The Balaban J connectivity index is 1.94. The Morgan fingerprint density at radius 1 is 0.794 bits per heavy atom. The van der Waals surface area contributed by atoms with Crippen LogP contribution in [0.2, 0.25) is 0 Å². The molecule has 0 unspecified atom stereocenters. The van der Waals surface area contributed by atoms with E-state index >= 15 is 0 Å². The highest BCUT2D eigenvalue weighted by Gasteiger charge is 2.24. The molecule has 0 spiro atoms. The molecule has 0 fully saturated rings. The summed E-state index contributed by atoms with van der Waals surface area (Å²) in [6.45, 7) is 1.43. The first-order valence-corrected chi connectivity index (χ1v) is 10.0. The van der Waals surface area contributed by atoms with Crippen molar-refractivity contribution < 1.29 is 31.7 Å². The number of nitro groups is 1. The molecule has 34 heavy (non-hydrogen) atoms. The maximum absolute atomic E-state index is 13.8. The number of hydrogen-bond acceptors (Lipinski definition) is 4. The first-order valence-electron chi connectivity index (χ1n) is 9.21. The van der Waals surface area contributed by atoms with Crippen LogP contribution in [0, 0.1) is 62.9 Å². The SMILES string of the molecule is CC(=O)Sc1ccc(C#Cc2ccc(C#Cc3c(F)c(F)c(F)c(F)c3F)cc2[N+](=O)[O-])cc1. The highest BCUT2D eigenvalue weighted by molar-refractivity contribution is 8.13. The summed E-state index contributed by atoms with van der Waals surface area (Å²) in [4.78, 5) is 22.5. The van der Waals surface area contributed by atoms with E-state index in [4.69, 9.17) is 0 Å². The van der Waals surface area contributed by atoms with Crippen molar-refractivity contribution in [1.29, 1.82) is 0 Å². The predicted molar refractivity (Wildman–Crippen MR) is 114 cm³/mol. The number of rotatable bonds is 2. The molecular weight excluding hydrogens is 477 g/mol. The van der Waals surface area contributed by atoms with E-state index < -0.39 is 45.3 Å².